The molecule has 1 aromatic carbocycles. The monoisotopic (exact) mass is 273 g/mol. The van der Waals surface area contributed by atoms with Crippen LogP contribution in [-0.2, 0) is 11.3 Å². The number of nitrogens with zero attached hydrogens (tertiary/aromatic N) is 3. The molecule has 1 saturated heterocycles. The Hall–Kier alpha value is -1.72. The van der Waals surface area contributed by atoms with E-state index in [9.17, 15) is 0 Å². The third kappa shape index (κ3) is 3.05. The zero-order valence-corrected chi connectivity index (χ0v) is 11.9. The highest BCUT2D eigenvalue weighted by Crippen LogP contribution is 2.17. The Balaban J connectivity index is 1.69. The van der Waals surface area contributed by atoms with Gasteiger partial charge in [0.2, 0.25) is 11.7 Å². The van der Waals surface area contributed by atoms with E-state index in [1.54, 1.807) is 0 Å². The molecule has 1 aromatic heterocycles. The van der Waals surface area contributed by atoms with Crippen molar-refractivity contribution in [1.82, 2.24) is 15.0 Å². The standard InChI is InChI=1S/C15H19N3O2/c1-11-3-5-13(6-4-11)15-16-14(20-17-15)10-18-7-8-19-12(2)9-18/h3-6,12H,7-10H2,1-2H3. The molecule has 5 nitrogen and oxygen atoms in total. The molecule has 20 heavy (non-hydrogen) atoms. The van der Waals surface area contributed by atoms with Gasteiger partial charge in [0.25, 0.3) is 0 Å². The van der Waals surface area contributed by atoms with E-state index in [4.69, 9.17) is 9.26 Å². The molecule has 1 fully saturated rings. The number of aryl methyl sites for hydroxylation is 1. The summed E-state index contributed by atoms with van der Waals surface area (Å²) in [7, 11) is 0. The second kappa shape index (κ2) is 5.73. The van der Waals surface area contributed by atoms with Gasteiger partial charge in [-0.05, 0) is 13.8 Å². The van der Waals surface area contributed by atoms with Gasteiger partial charge in [-0.15, -0.1) is 0 Å². The van der Waals surface area contributed by atoms with Gasteiger partial charge in [0, 0.05) is 18.7 Å². The van der Waals surface area contributed by atoms with Crippen LogP contribution in [0.15, 0.2) is 28.8 Å². The van der Waals surface area contributed by atoms with Gasteiger partial charge in [0.05, 0.1) is 19.3 Å². The van der Waals surface area contributed by atoms with Crippen LogP contribution in [-0.4, -0.2) is 40.8 Å². The Bertz CT molecular complexity index is 565. The predicted octanol–water partition coefficient (Wildman–Crippen LogP) is 2.27. The highest BCUT2D eigenvalue weighted by molar-refractivity contribution is 5.54. The maximum absolute atomic E-state index is 5.52. The number of morpholine rings is 1. The van der Waals surface area contributed by atoms with E-state index in [0.29, 0.717) is 18.3 Å². The van der Waals surface area contributed by atoms with Crippen LogP contribution in [0.5, 0.6) is 0 Å². The van der Waals surface area contributed by atoms with Crippen molar-refractivity contribution >= 4 is 0 Å². The summed E-state index contributed by atoms with van der Waals surface area (Å²) in [5.74, 6) is 1.32. The topological polar surface area (TPSA) is 51.4 Å². The summed E-state index contributed by atoms with van der Waals surface area (Å²) < 4.78 is 10.9. The van der Waals surface area contributed by atoms with Crippen LogP contribution in [0, 0.1) is 6.92 Å². The molecule has 0 spiro atoms. The second-order valence-electron chi connectivity index (χ2n) is 5.29. The van der Waals surface area contributed by atoms with Crippen LogP contribution in [0.1, 0.15) is 18.4 Å². The first-order chi connectivity index (χ1) is 9.70. The SMILES string of the molecule is Cc1ccc(-c2noc(CN3CCOC(C)C3)n2)cc1. The molecular weight excluding hydrogens is 254 g/mol. The summed E-state index contributed by atoms with van der Waals surface area (Å²) >= 11 is 0. The van der Waals surface area contributed by atoms with Gasteiger partial charge in [-0.2, -0.15) is 4.98 Å². The Kier molecular flexibility index (Phi) is 3.80. The minimum atomic E-state index is 0.267. The lowest BCUT2D eigenvalue weighted by Gasteiger charge is -2.29. The quantitative estimate of drug-likeness (QED) is 0.858. The summed E-state index contributed by atoms with van der Waals surface area (Å²) in [5.41, 5.74) is 2.21. The van der Waals surface area contributed by atoms with Crippen LogP contribution >= 0.6 is 0 Å². The molecule has 0 saturated carbocycles. The second-order valence-corrected chi connectivity index (χ2v) is 5.29. The van der Waals surface area contributed by atoms with Crippen molar-refractivity contribution in [2.24, 2.45) is 0 Å². The first-order valence-electron chi connectivity index (χ1n) is 6.94. The zero-order chi connectivity index (χ0) is 13.9. The molecule has 0 amide bonds. The largest absolute Gasteiger partial charge is 0.376 e. The van der Waals surface area contributed by atoms with Crippen molar-refractivity contribution in [3.05, 3.63) is 35.7 Å². The van der Waals surface area contributed by atoms with Gasteiger partial charge in [0.1, 0.15) is 0 Å². The van der Waals surface area contributed by atoms with Gasteiger partial charge in [0.15, 0.2) is 0 Å². The molecule has 1 aliphatic rings. The van der Waals surface area contributed by atoms with Crippen LogP contribution in [0.2, 0.25) is 0 Å². The molecule has 0 aliphatic carbocycles. The van der Waals surface area contributed by atoms with E-state index in [1.165, 1.54) is 5.56 Å². The third-order valence-corrected chi connectivity index (χ3v) is 3.46. The molecule has 0 N–H and O–H groups in total. The molecule has 1 atom stereocenters. The normalized spacial score (nSPS) is 20.2. The van der Waals surface area contributed by atoms with Gasteiger partial charge in [-0.3, -0.25) is 4.90 Å². The van der Waals surface area contributed by atoms with E-state index in [-0.39, 0.29) is 6.10 Å². The fraction of sp³-hybridized carbons (Fsp3) is 0.467. The molecule has 2 aromatic rings. The smallest absolute Gasteiger partial charge is 0.241 e. The van der Waals surface area contributed by atoms with Gasteiger partial charge >= 0.3 is 0 Å². The van der Waals surface area contributed by atoms with Crippen LogP contribution in [0.25, 0.3) is 11.4 Å². The van der Waals surface area contributed by atoms with E-state index < -0.39 is 0 Å². The molecule has 0 bridgehead atoms. The fourth-order valence-electron chi connectivity index (χ4n) is 2.36. The Labute approximate surface area is 118 Å². The maximum atomic E-state index is 5.52. The molecule has 0 radical (unpaired) electrons. The van der Waals surface area contributed by atoms with Gasteiger partial charge < -0.3 is 9.26 Å². The Morgan fingerprint density at radius 1 is 1.30 bits per heavy atom. The van der Waals surface area contributed by atoms with E-state index in [2.05, 4.69) is 41.0 Å². The van der Waals surface area contributed by atoms with Crippen molar-refractivity contribution in [1.29, 1.82) is 0 Å². The minimum Gasteiger partial charge on any atom is -0.376 e. The van der Waals surface area contributed by atoms with E-state index in [0.717, 1.165) is 25.3 Å². The lowest BCUT2D eigenvalue weighted by molar-refractivity contribution is -0.0240. The molecule has 106 valence electrons. The van der Waals surface area contributed by atoms with E-state index in [1.807, 2.05) is 12.1 Å². The van der Waals surface area contributed by atoms with Crippen LogP contribution in [0.3, 0.4) is 0 Å². The lowest BCUT2D eigenvalue weighted by atomic mass is 10.1. The molecule has 3 rings (SSSR count). The molecule has 1 aliphatic heterocycles. The Morgan fingerprint density at radius 2 is 2.10 bits per heavy atom. The summed E-state index contributed by atoms with van der Waals surface area (Å²) in [6.45, 7) is 7.41. The molecule has 2 heterocycles. The number of rotatable bonds is 3. The predicted molar refractivity (Wildman–Crippen MR) is 75.2 cm³/mol. The molecule has 1 unspecified atom stereocenters. The summed E-state index contributed by atoms with van der Waals surface area (Å²) in [6.07, 6.45) is 0.267. The number of benzene rings is 1. The van der Waals surface area contributed by atoms with Crippen LogP contribution in [0.4, 0.5) is 0 Å². The fourth-order valence-corrected chi connectivity index (χ4v) is 2.36. The number of hydrogen-bond acceptors (Lipinski definition) is 5. The first kappa shape index (κ1) is 13.3. The van der Waals surface area contributed by atoms with Crippen molar-refractivity contribution in [3.8, 4) is 11.4 Å². The highest BCUT2D eigenvalue weighted by atomic mass is 16.5. The molecule has 5 heteroatoms. The van der Waals surface area contributed by atoms with Crippen molar-refractivity contribution in [3.63, 3.8) is 0 Å². The summed E-state index contributed by atoms with van der Waals surface area (Å²) in [5, 5.41) is 4.06. The van der Waals surface area contributed by atoms with E-state index >= 15 is 0 Å². The van der Waals surface area contributed by atoms with Crippen LogP contribution < -0.4 is 0 Å². The lowest BCUT2D eigenvalue weighted by Crippen LogP contribution is -2.40. The van der Waals surface area contributed by atoms with Gasteiger partial charge in [-0.25, -0.2) is 0 Å². The van der Waals surface area contributed by atoms with Crippen molar-refractivity contribution < 1.29 is 9.26 Å². The zero-order valence-electron chi connectivity index (χ0n) is 11.9. The summed E-state index contributed by atoms with van der Waals surface area (Å²) in [6, 6.07) is 8.13. The average molecular weight is 273 g/mol. The summed E-state index contributed by atoms with van der Waals surface area (Å²) in [4.78, 5) is 6.75. The first-order valence-corrected chi connectivity index (χ1v) is 6.94. The number of hydrogen-bond donors (Lipinski definition) is 0. The van der Waals surface area contributed by atoms with Crippen molar-refractivity contribution in [2.75, 3.05) is 19.7 Å². The van der Waals surface area contributed by atoms with Gasteiger partial charge in [-0.1, -0.05) is 35.0 Å². The highest BCUT2D eigenvalue weighted by Gasteiger charge is 2.19. The Morgan fingerprint density at radius 3 is 2.85 bits per heavy atom. The molecular formula is C15H19N3O2. The number of aromatic nitrogens is 2. The average Bonchev–Trinajstić information content (AvgIpc) is 2.88. The minimum absolute atomic E-state index is 0.267. The maximum Gasteiger partial charge on any atom is 0.241 e. The van der Waals surface area contributed by atoms with Crippen molar-refractivity contribution in [2.45, 2.75) is 26.5 Å². The number of ether oxygens (including phenoxy) is 1. The third-order valence-electron chi connectivity index (χ3n) is 3.46.